The van der Waals surface area contributed by atoms with E-state index in [0.29, 0.717) is 18.1 Å². The number of benzene rings is 1. The lowest BCUT2D eigenvalue weighted by Crippen LogP contribution is -2.71. The number of carboxylic acids is 2. The molecule has 54 heavy (non-hydrogen) atoms. The van der Waals surface area contributed by atoms with Crippen molar-refractivity contribution in [1.82, 2.24) is 15.5 Å². The first-order valence-electron chi connectivity index (χ1n) is 17.2. The second kappa shape index (κ2) is 17.2. The van der Waals surface area contributed by atoms with Crippen LogP contribution < -0.4 is 21.3 Å². The van der Waals surface area contributed by atoms with Crippen molar-refractivity contribution in [3.05, 3.63) is 29.8 Å². The Morgan fingerprint density at radius 1 is 1.09 bits per heavy atom. The largest absolute Gasteiger partial charge is 0.481 e. The van der Waals surface area contributed by atoms with Crippen molar-refractivity contribution in [3.8, 4) is 0 Å². The molecular weight excluding hydrogens is 743 g/mol. The van der Waals surface area contributed by atoms with Crippen LogP contribution in [-0.4, -0.2) is 169 Å². The average Bonchev–Trinajstić information content (AvgIpc) is 3.58. The van der Waals surface area contributed by atoms with Crippen LogP contribution in [-0.2, 0) is 43.9 Å². The number of nitrogens with one attached hydrogen (secondary N) is 2. The Hall–Kier alpha value is -3.35. The van der Waals surface area contributed by atoms with E-state index >= 15 is 0 Å². The number of hydrogen-bond acceptors (Lipinski definition) is 18. The van der Waals surface area contributed by atoms with Gasteiger partial charge in [-0.05, 0) is 38.0 Å². The number of fused-ring (bicyclic) bond motifs is 3. The highest BCUT2D eigenvalue weighted by atomic mass is 31.2. The molecule has 0 aliphatic carbocycles. The third kappa shape index (κ3) is 9.53. The highest BCUT2D eigenvalue weighted by Gasteiger charge is 2.52. The number of carbonyl (C=O) groups is 3. The minimum absolute atomic E-state index is 0.0102. The molecule has 3 fully saturated rings. The van der Waals surface area contributed by atoms with E-state index in [1.54, 1.807) is 12.1 Å². The van der Waals surface area contributed by atoms with E-state index in [2.05, 4.69) is 41.4 Å². The second-order valence-corrected chi connectivity index (χ2v) is 15.0. The van der Waals surface area contributed by atoms with E-state index in [-0.39, 0.29) is 30.5 Å². The smallest absolute Gasteiger partial charge is 0.473 e. The summed E-state index contributed by atoms with van der Waals surface area (Å²) in [5.74, 6) is -2.77. The molecule has 302 valence electrons. The molecule has 12 N–H and O–H groups in total. The van der Waals surface area contributed by atoms with Gasteiger partial charge in [0.05, 0.1) is 32.0 Å². The predicted molar refractivity (Wildman–Crippen MR) is 182 cm³/mol. The van der Waals surface area contributed by atoms with E-state index in [1.807, 2.05) is 19.1 Å². The number of aliphatic hydroxyl groups excluding tert-OH is 5. The van der Waals surface area contributed by atoms with E-state index < -0.39 is 107 Å². The van der Waals surface area contributed by atoms with Gasteiger partial charge in [0, 0.05) is 30.6 Å². The minimum atomic E-state index is -5.11. The first-order chi connectivity index (χ1) is 25.4. The Kier molecular flexibility index (Phi) is 13.3. The van der Waals surface area contributed by atoms with Crippen LogP contribution in [0.1, 0.15) is 32.3 Å². The van der Waals surface area contributed by atoms with E-state index in [9.17, 15) is 49.4 Å². The van der Waals surface area contributed by atoms with Gasteiger partial charge >= 0.3 is 19.8 Å². The molecule has 0 saturated carbocycles. The number of amidine groups is 1. The highest BCUT2D eigenvalue weighted by molar-refractivity contribution is 7.47. The highest BCUT2D eigenvalue weighted by Crippen LogP contribution is 2.46. The number of aliphatic imine (C=N–C) groups is 1. The molecule has 1 aromatic rings. The molecule has 5 rings (SSSR count). The molecule has 23 heteroatoms. The normalized spacial score (nSPS) is 33.0. The van der Waals surface area contributed by atoms with E-state index in [0.717, 1.165) is 5.69 Å². The molecule has 22 nitrogen and oxygen atoms in total. The van der Waals surface area contributed by atoms with Crippen LogP contribution in [0.5, 0.6) is 0 Å². The number of carboxylic acid groups (broad SMARTS) is 2. The first kappa shape index (κ1) is 41.8. The molecule has 0 spiro atoms. The van der Waals surface area contributed by atoms with Crippen LogP contribution >= 0.6 is 7.82 Å². The van der Waals surface area contributed by atoms with E-state index in [1.165, 1.54) is 0 Å². The fourth-order valence-corrected chi connectivity index (χ4v) is 7.95. The first-order valence-corrected chi connectivity index (χ1v) is 18.7. The number of hydrogen-bond donors (Lipinski definition) is 11. The summed E-state index contributed by atoms with van der Waals surface area (Å²) in [6.45, 7) is 2.96. The van der Waals surface area contributed by atoms with Crippen LogP contribution in [0.25, 0.3) is 0 Å². The molecule has 4 aliphatic rings. The Morgan fingerprint density at radius 2 is 1.78 bits per heavy atom. The average molecular weight is 791 g/mol. The maximum absolute atomic E-state index is 12.8. The molecule has 1 amide bonds. The standard InChI is InChI=1S/C31H47N6O16P/c1-13-22-14(2)36(12-37(22)23-27(33-13)34-31(32)35-28(23)45)16-5-3-15(4-6-16)9-17(38)24(42)18(39)10-50-30-26(44)25(43)20(52-30)11-51-54(48,49)53-19(29(46)47)7-8-21(40)41/h3-6,13-14,17-20,22-26,30-31,38-39,42-44H,7-12,32H2,1-2H3,(H,33,34)(H,35,45)(H,40,41)(H,46,47)(H,48,49)/t13-,14+,17-,18+,19-,20+,22+,23?,24-,25+,26+,30-,31?/m0/s1. The number of aliphatic hydroxyl groups is 5. The number of nitrogens with zero attached hydrogens (tertiary/aromatic N) is 3. The fraction of sp³-hybridized carbons (Fsp3) is 0.677. The van der Waals surface area contributed by atoms with Gasteiger partial charge in [0.15, 0.2) is 18.7 Å². The lowest BCUT2D eigenvalue weighted by atomic mass is 9.95. The second-order valence-electron chi connectivity index (χ2n) is 13.6. The molecule has 3 saturated heterocycles. The summed E-state index contributed by atoms with van der Waals surface area (Å²) in [5.41, 5.74) is 7.33. The van der Waals surface area contributed by atoms with E-state index in [4.69, 9.17) is 25.4 Å². The van der Waals surface area contributed by atoms with Crippen LogP contribution in [0.3, 0.4) is 0 Å². The molecule has 3 unspecified atom stereocenters. The Labute approximate surface area is 308 Å². The maximum atomic E-state index is 12.8. The summed E-state index contributed by atoms with van der Waals surface area (Å²) in [6, 6.07) is 6.61. The van der Waals surface area contributed by atoms with Gasteiger partial charge in [0.25, 0.3) is 0 Å². The topological polar surface area (TPSA) is 336 Å². The number of nitrogens with two attached hydrogens (primary N) is 1. The van der Waals surface area contributed by atoms with Gasteiger partial charge in [-0.15, -0.1) is 0 Å². The zero-order valence-electron chi connectivity index (χ0n) is 29.3. The van der Waals surface area contributed by atoms with Crippen molar-refractivity contribution < 1.29 is 78.1 Å². The molecule has 14 atom stereocenters. The fourth-order valence-electron chi connectivity index (χ4n) is 7.04. The molecular formula is C31H47N6O16P. The van der Waals surface area contributed by atoms with Crippen molar-refractivity contribution in [1.29, 1.82) is 0 Å². The summed E-state index contributed by atoms with van der Waals surface area (Å²) >= 11 is 0. The molecule has 0 bridgehead atoms. The molecule has 4 aliphatic heterocycles. The summed E-state index contributed by atoms with van der Waals surface area (Å²) in [6.07, 6.45) is -15.6. The van der Waals surface area contributed by atoms with Crippen molar-refractivity contribution in [3.63, 3.8) is 0 Å². The Morgan fingerprint density at radius 3 is 2.43 bits per heavy atom. The summed E-state index contributed by atoms with van der Waals surface area (Å²) in [5, 5.41) is 76.3. The van der Waals surface area contributed by atoms with Gasteiger partial charge in [-0.2, -0.15) is 0 Å². The monoisotopic (exact) mass is 790 g/mol. The summed E-state index contributed by atoms with van der Waals surface area (Å²) in [7, 11) is -5.11. The van der Waals surface area contributed by atoms with Gasteiger partial charge in [0.1, 0.15) is 42.4 Å². The third-order valence-corrected chi connectivity index (χ3v) is 10.8. The molecule has 0 radical (unpaired) electrons. The Bertz CT molecular complexity index is 1590. The molecule has 4 heterocycles. The number of carbonyl (C=O) groups excluding carboxylic acids is 1. The van der Waals surface area contributed by atoms with Crippen molar-refractivity contribution in [2.24, 2.45) is 10.7 Å². The van der Waals surface area contributed by atoms with Crippen LogP contribution in [0, 0.1) is 0 Å². The van der Waals surface area contributed by atoms with Crippen molar-refractivity contribution in [2.75, 3.05) is 24.8 Å². The SMILES string of the molecule is C[C@@H]1NC2=NC(N)NC(=O)C2N2CN(c3ccc(C[C@H](O)[C@H](O)[C@H](O)CO[C@H]4O[C@H](COP(=O)(O)O[C@@H](CCC(=O)O)C(=O)O)[C@@H](O)[C@H]4O)cc3)[C@H](C)[C@@H]12. The molecule has 1 aromatic carbocycles. The molecule has 0 aromatic heterocycles. The van der Waals surface area contributed by atoms with Crippen LogP contribution in [0.2, 0.25) is 0 Å². The van der Waals surface area contributed by atoms with Crippen molar-refractivity contribution in [2.45, 2.75) is 113 Å². The van der Waals surface area contributed by atoms with Gasteiger partial charge in [-0.1, -0.05) is 12.1 Å². The van der Waals surface area contributed by atoms with Gasteiger partial charge in [0.2, 0.25) is 5.91 Å². The Balaban J connectivity index is 1.09. The van der Waals surface area contributed by atoms with Crippen LogP contribution in [0.4, 0.5) is 5.69 Å². The lowest BCUT2D eigenvalue weighted by Gasteiger charge is -2.44. The maximum Gasteiger partial charge on any atom is 0.473 e. The number of rotatable bonds is 17. The van der Waals surface area contributed by atoms with Gasteiger partial charge in [-0.25, -0.2) is 14.4 Å². The number of ether oxygens (including phenoxy) is 2. The quantitative estimate of drug-likeness (QED) is 0.0674. The summed E-state index contributed by atoms with van der Waals surface area (Å²) < 4.78 is 32.1. The van der Waals surface area contributed by atoms with Crippen molar-refractivity contribution >= 4 is 37.2 Å². The zero-order valence-corrected chi connectivity index (χ0v) is 30.2. The number of piperazine rings is 1. The zero-order chi connectivity index (χ0) is 39.6. The number of anilines is 1. The number of phosphoric acid groups is 1. The van der Waals surface area contributed by atoms with Gasteiger partial charge < -0.3 is 65.6 Å². The van der Waals surface area contributed by atoms with Crippen LogP contribution in [0.15, 0.2) is 29.3 Å². The minimum Gasteiger partial charge on any atom is -0.481 e. The number of amides is 1. The summed E-state index contributed by atoms with van der Waals surface area (Å²) in [4.78, 5) is 53.3. The lowest BCUT2D eigenvalue weighted by molar-refractivity contribution is -0.192. The third-order valence-electron chi connectivity index (χ3n) is 9.79. The van der Waals surface area contributed by atoms with Gasteiger partial charge in [-0.3, -0.25) is 29.3 Å². The predicted octanol–water partition coefficient (Wildman–Crippen LogP) is -3.81. The number of aliphatic carboxylic acids is 2. The number of phosphoric ester groups is 1.